The zero-order valence-electron chi connectivity index (χ0n) is 8.66. The topological polar surface area (TPSA) is 35.5 Å². The summed E-state index contributed by atoms with van der Waals surface area (Å²) in [6, 6.07) is 5.62. The average Bonchev–Trinajstić information content (AvgIpc) is 2.01. The van der Waals surface area contributed by atoms with E-state index in [1.165, 1.54) is 6.92 Å². The number of hydrogen-bond donors (Lipinski definition) is 0. The van der Waals surface area contributed by atoms with E-state index in [-0.39, 0.29) is 5.97 Å². The van der Waals surface area contributed by atoms with Gasteiger partial charge in [-0.1, -0.05) is 6.07 Å². The summed E-state index contributed by atoms with van der Waals surface area (Å²) in [5.41, 5.74) is 2.06. The molecule has 1 aromatic rings. The van der Waals surface area contributed by atoms with E-state index in [2.05, 4.69) is 0 Å². The smallest absolute Gasteiger partial charge is 0.308 e. The highest BCUT2D eigenvalue weighted by atomic mass is 16.5. The highest BCUT2D eigenvalue weighted by Gasteiger charge is 2.01. The predicted octanol–water partition coefficient (Wildman–Crippen LogP) is 2.07. The molecule has 0 N–H and O–H groups in total. The lowest BCUT2D eigenvalue weighted by atomic mass is 10.1. The van der Waals surface area contributed by atoms with Gasteiger partial charge in [-0.05, 0) is 30.2 Å². The Kier molecular flexibility index (Phi) is 3.65. The van der Waals surface area contributed by atoms with Gasteiger partial charge in [0.15, 0.2) is 0 Å². The lowest BCUT2D eigenvalue weighted by molar-refractivity contribution is -0.131. The Labute approximate surface area is 83.6 Å². The van der Waals surface area contributed by atoms with E-state index in [9.17, 15) is 4.79 Å². The Morgan fingerprint density at radius 3 is 2.64 bits per heavy atom. The van der Waals surface area contributed by atoms with Crippen LogP contribution in [0.3, 0.4) is 0 Å². The van der Waals surface area contributed by atoms with E-state index in [0.717, 1.165) is 11.1 Å². The summed E-state index contributed by atoms with van der Waals surface area (Å²) in [5.74, 6) is 0.267. The molecular weight excluding hydrogens is 180 g/mol. The van der Waals surface area contributed by atoms with Gasteiger partial charge in [-0.2, -0.15) is 0 Å². The van der Waals surface area contributed by atoms with Crippen molar-refractivity contribution in [3.8, 4) is 5.75 Å². The van der Waals surface area contributed by atoms with Gasteiger partial charge < -0.3 is 9.47 Å². The van der Waals surface area contributed by atoms with Gasteiger partial charge in [0.1, 0.15) is 5.75 Å². The summed E-state index contributed by atoms with van der Waals surface area (Å²) in [5, 5.41) is 0. The molecule has 0 saturated heterocycles. The van der Waals surface area contributed by atoms with E-state index in [1.54, 1.807) is 13.2 Å². The zero-order chi connectivity index (χ0) is 10.6. The standard InChI is InChI=1S/C11H14O3/c1-8-4-10(7-13-3)6-11(5-8)14-9(2)12/h4-6H,7H2,1-3H3. The number of aryl methyl sites for hydroxylation is 1. The second-order valence-corrected chi connectivity index (χ2v) is 3.18. The number of carbonyl (C=O) groups is 1. The largest absolute Gasteiger partial charge is 0.427 e. The van der Waals surface area contributed by atoms with Crippen LogP contribution in [0.1, 0.15) is 18.1 Å². The van der Waals surface area contributed by atoms with Gasteiger partial charge >= 0.3 is 5.97 Å². The molecular formula is C11H14O3. The van der Waals surface area contributed by atoms with Crippen LogP contribution in [0.5, 0.6) is 5.75 Å². The number of rotatable bonds is 3. The van der Waals surface area contributed by atoms with Gasteiger partial charge in [0, 0.05) is 14.0 Å². The summed E-state index contributed by atoms with van der Waals surface area (Å²) in [6.07, 6.45) is 0. The summed E-state index contributed by atoms with van der Waals surface area (Å²) < 4.78 is 9.99. The summed E-state index contributed by atoms with van der Waals surface area (Å²) in [4.78, 5) is 10.7. The molecule has 0 aliphatic rings. The Bertz CT molecular complexity index is 331. The van der Waals surface area contributed by atoms with Crippen molar-refractivity contribution in [2.45, 2.75) is 20.5 Å². The van der Waals surface area contributed by atoms with Crippen molar-refractivity contribution in [3.05, 3.63) is 29.3 Å². The first-order valence-electron chi connectivity index (χ1n) is 4.39. The molecule has 3 nitrogen and oxygen atoms in total. The third kappa shape index (κ3) is 3.18. The molecule has 0 fully saturated rings. The fraction of sp³-hybridized carbons (Fsp3) is 0.364. The number of benzene rings is 1. The molecule has 0 unspecified atom stereocenters. The van der Waals surface area contributed by atoms with Gasteiger partial charge in [-0.15, -0.1) is 0 Å². The molecule has 1 rings (SSSR count). The van der Waals surface area contributed by atoms with Crippen molar-refractivity contribution >= 4 is 5.97 Å². The minimum atomic E-state index is -0.307. The summed E-state index contributed by atoms with van der Waals surface area (Å²) >= 11 is 0. The van der Waals surface area contributed by atoms with Gasteiger partial charge in [-0.25, -0.2) is 0 Å². The maximum Gasteiger partial charge on any atom is 0.308 e. The molecule has 0 aromatic heterocycles. The predicted molar refractivity (Wildman–Crippen MR) is 53.2 cm³/mol. The van der Waals surface area contributed by atoms with Crippen LogP contribution in [0.2, 0.25) is 0 Å². The molecule has 76 valence electrons. The Morgan fingerprint density at radius 1 is 1.36 bits per heavy atom. The van der Waals surface area contributed by atoms with Gasteiger partial charge in [0.2, 0.25) is 0 Å². The number of methoxy groups -OCH3 is 1. The molecule has 0 saturated carbocycles. The third-order valence-corrected chi connectivity index (χ3v) is 1.68. The van der Waals surface area contributed by atoms with Crippen LogP contribution in [0, 0.1) is 6.92 Å². The second kappa shape index (κ2) is 4.77. The number of esters is 1. The molecule has 0 spiro atoms. The van der Waals surface area contributed by atoms with Gasteiger partial charge in [-0.3, -0.25) is 4.79 Å². The van der Waals surface area contributed by atoms with E-state index in [4.69, 9.17) is 9.47 Å². The SMILES string of the molecule is COCc1cc(C)cc(OC(C)=O)c1. The Hall–Kier alpha value is -1.35. The van der Waals surface area contributed by atoms with Crippen molar-refractivity contribution in [1.29, 1.82) is 0 Å². The molecule has 0 atom stereocenters. The van der Waals surface area contributed by atoms with Crippen LogP contribution in [-0.4, -0.2) is 13.1 Å². The monoisotopic (exact) mass is 194 g/mol. The first kappa shape index (κ1) is 10.7. The van der Waals surface area contributed by atoms with Crippen molar-refractivity contribution < 1.29 is 14.3 Å². The minimum absolute atomic E-state index is 0.307. The Morgan fingerprint density at radius 2 is 2.07 bits per heavy atom. The van der Waals surface area contributed by atoms with Crippen LogP contribution >= 0.6 is 0 Å². The normalized spacial score (nSPS) is 9.93. The van der Waals surface area contributed by atoms with Gasteiger partial charge in [0.05, 0.1) is 6.61 Å². The van der Waals surface area contributed by atoms with Crippen molar-refractivity contribution in [2.24, 2.45) is 0 Å². The van der Waals surface area contributed by atoms with Crippen LogP contribution < -0.4 is 4.74 Å². The zero-order valence-corrected chi connectivity index (χ0v) is 8.66. The molecule has 0 amide bonds. The maximum absolute atomic E-state index is 10.7. The van der Waals surface area contributed by atoms with E-state index in [0.29, 0.717) is 12.4 Å². The number of hydrogen-bond acceptors (Lipinski definition) is 3. The van der Waals surface area contributed by atoms with Crippen LogP contribution in [0.4, 0.5) is 0 Å². The quantitative estimate of drug-likeness (QED) is 0.545. The van der Waals surface area contributed by atoms with Crippen LogP contribution in [0.25, 0.3) is 0 Å². The van der Waals surface area contributed by atoms with Crippen molar-refractivity contribution in [2.75, 3.05) is 7.11 Å². The molecule has 0 bridgehead atoms. The number of ether oxygens (including phenoxy) is 2. The van der Waals surface area contributed by atoms with E-state index in [1.807, 2.05) is 19.1 Å². The van der Waals surface area contributed by atoms with Gasteiger partial charge in [0.25, 0.3) is 0 Å². The first-order valence-corrected chi connectivity index (χ1v) is 4.39. The average molecular weight is 194 g/mol. The van der Waals surface area contributed by atoms with Crippen LogP contribution in [-0.2, 0) is 16.1 Å². The molecule has 14 heavy (non-hydrogen) atoms. The van der Waals surface area contributed by atoms with Crippen LogP contribution in [0.15, 0.2) is 18.2 Å². The Balaban J connectivity index is 2.88. The summed E-state index contributed by atoms with van der Waals surface area (Å²) in [7, 11) is 1.63. The second-order valence-electron chi connectivity index (χ2n) is 3.18. The lowest BCUT2D eigenvalue weighted by Crippen LogP contribution is -2.02. The molecule has 0 aliphatic carbocycles. The highest BCUT2D eigenvalue weighted by Crippen LogP contribution is 2.17. The fourth-order valence-electron chi connectivity index (χ4n) is 1.30. The van der Waals surface area contributed by atoms with Crippen molar-refractivity contribution in [1.82, 2.24) is 0 Å². The molecule has 0 heterocycles. The molecule has 0 radical (unpaired) electrons. The fourth-order valence-corrected chi connectivity index (χ4v) is 1.30. The lowest BCUT2D eigenvalue weighted by Gasteiger charge is -2.06. The third-order valence-electron chi connectivity index (χ3n) is 1.68. The molecule has 1 aromatic carbocycles. The minimum Gasteiger partial charge on any atom is -0.427 e. The summed E-state index contributed by atoms with van der Waals surface area (Å²) in [6.45, 7) is 3.86. The maximum atomic E-state index is 10.7. The first-order chi connectivity index (χ1) is 6.61. The van der Waals surface area contributed by atoms with E-state index >= 15 is 0 Å². The molecule has 0 aliphatic heterocycles. The molecule has 3 heteroatoms. The highest BCUT2D eigenvalue weighted by molar-refractivity contribution is 5.69. The van der Waals surface area contributed by atoms with Crippen molar-refractivity contribution in [3.63, 3.8) is 0 Å². The van der Waals surface area contributed by atoms with E-state index < -0.39 is 0 Å². The number of carbonyl (C=O) groups excluding carboxylic acids is 1.